The van der Waals surface area contributed by atoms with Crippen LogP contribution in [0.1, 0.15) is 45.1 Å². The highest BCUT2D eigenvalue weighted by atomic mass is 16.6. The number of esters is 1. The van der Waals surface area contributed by atoms with Gasteiger partial charge in [-0.15, -0.1) is 0 Å². The lowest BCUT2D eigenvalue weighted by atomic mass is 10.2. The number of benzene rings is 1. The summed E-state index contributed by atoms with van der Waals surface area (Å²) in [6, 6.07) is 6.69. The maximum Gasteiger partial charge on any atom is 0.419 e. The molecule has 0 fully saturated rings. The predicted molar refractivity (Wildman–Crippen MR) is 98.6 cm³/mol. The third-order valence-electron chi connectivity index (χ3n) is 3.71. The number of aromatic nitrogens is 1. The zero-order valence-electron chi connectivity index (χ0n) is 16.0. The second-order valence-corrected chi connectivity index (χ2v) is 6.89. The first-order valence-electron chi connectivity index (χ1n) is 8.35. The fourth-order valence-electron chi connectivity index (χ4n) is 2.45. The van der Waals surface area contributed by atoms with Crippen LogP contribution in [0.15, 0.2) is 24.3 Å². The molecular weight excluding hydrogens is 336 g/mol. The van der Waals surface area contributed by atoms with Crippen LogP contribution in [0.2, 0.25) is 0 Å². The van der Waals surface area contributed by atoms with Gasteiger partial charge in [0, 0.05) is 25.0 Å². The van der Waals surface area contributed by atoms with E-state index in [-0.39, 0.29) is 18.2 Å². The Bertz CT molecular complexity index is 861. The fourth-order valence-corrected chi connectivity index (χ4v) is 2.45. The van der Waals surface area contributed by atoms with Gasteiger partial charge in [0.1, 0.15) is 11.3 Å². The Hall–Kier alpha value is -2.83. The van der Waals surface area contributed by atoms with Crippen LogP contribution in [-0.4, -0.2) is 41.8 Å². The molecule has 1 heterocycles. The van der Waals surface area contributed by atoms with Gasteiger partial charge in [-0.05, 0) is 52.0 Å². The number of anilines is 1. The number of carbonyl (C=O) groups is 3. The summed E-state index contributed by atoms with van der Waals surface area (Å²) in [4.78, 5) is 38.0. The molecule has 0 saturated heterocycles. The second kappa shape index (κ2) is 7.19. The highest BCUT2D eigenvalue weighted by molar-refractivity contribution is 6.03. The monoisotopic (exact) mass is 360 g/mol. The molecule has 0 aliphatic rings. The van der Waals surface area contributed by atoms with Crippen LogP contribution in [0, 0.1) is 0 Å². The standard InChI is InChI=1S/C19H24N2O5/c1-7-25-17(23)16-11-13-10-14(20(6)12(2)22)8-9-15(13)21(16)18(24)26-19(3,4)5/h8-11H,7H2,1-6H3. The second-order valence-electron chi connectivity index (χ2n) is 6.89. The van der Waals surface area contributed by atoms with Crippen LogP contribution in [0.25, 0.3) is 10.9 Å². The van der Waals surface area contributed by atoms with Gasteiger partial charge in [-0.25, -0.2) is 14.2 Å². The number of carbonyl (C=O) groups excluding carboxylic acids is 3. The Morgan fingerprint density at radius 2 is 1.81 bits per heavy atom. The normalized spacial score (nSPS) is 11.3. The molecule has 0 unspecified atom stereocenters. The van der Waals surface area contributed by atoms with Gasteiger partial charge < -0.3 is 14.4 Å². The molecule has 2 aromatic rings. The Morgan fingerprint density at radius 3 is 2.35 bits per heavy atom. The summed E-state index contributed by atoms with van der Waals surface area (Å²) in [5.41, 5.74) is 0.525. The number of amides is 1. The molecule has 0 atom stereocenters. The maximum atomic E-state index is 12.7. The molecule has 1 aromatic carbocycles. The van der Waals surface area contributed by atoms with Crippen molar-refractivity contribution in [2.75, 3.05) is 18.6 Å². The summed E-state index contributed by atoms with van der Waals surface area (Å²) >= 11 is 0. The average molecular weight is 360 g/mol. The molecule has 0 saturated carbocycles. The minimum atomic E-state index is -0.714. The van der Waals surface area contributed by atoms with E-state index in [2.05, 4.69) is 0 Å². The topological polar surface area (TPSA) is 77.8 Å². The van der Waals surface area contributed by atoms with E-state index >= 15 is 0 Å². The van der Waals surface area contributed by atoms with Gasteiger partial charge in [0.2, 0.25) is 5.91 Å². The van der Waals surface area contributed by atoms with Gasteiger partial charge in [-0.1, -0.05) is 0 Å². The number of hydrogen-bond acceptors (Lipinski definition) is 5. The lowest BCUT2D eigenvalue weighted by Crippen LogP contribution is -2.29. The molecule has 1 aromatic heterocycles. The van der Waals surface area contributed by atoms with E-state index in [9.17, 15) is 14.4 Å². The Labute approximate surface area is 152 Å². The minimum Gasteiger partial charge on any atom is -0.461 e. The van der Waals surface area contributed by atoms with E-state index in [0.29, 0.717) is 16.6 Å². The zero-order valence-corrected chi connectivity index (χ0v) is 16.0. The van der Waals surface area contributed by atoms with E-state index in [0.717, 1.165) is 0 Å². The fraction of sp³-hybridized carbons (Fsp3) is 0.421. The van der Waals surface area contributed by atoms with Crippen LogP contribution in [-0.2, 0) is 14.3 Å². The minimum absolute atomic E-state index is 0.0822. The van der Waals surface area contributed by atoms with Crippen molar-refractivity contribution in [3.8, 4) is 0 Å². The molecule has 7 nitrogen and oxygen atoms in total. The Morgan fingerprint density at radius 1 is 1.15 bits per heavy atom. The SMILES string of the molecule is CCOC(=O)c1cc2cc(N(C)C(C)=O)ccc2n1C(=O)OC(C)(C)C. The molecule has 0 aliphatic carbocycles. The first-order valence-corrected chi connectivity index (χ1v) is 8.35. The number of hydrogen-bond donors (Lipinski definition) is 0. The van der Waals surface area contributed by atoms with Crippen molar-refractivity contribution in [3.05, 3.63) is 30.0 Å². The van der Waals surface area contributed by atoms with Gasteiger partial charge in [-0.3, -0.25) is 4.79 Å². The molecule has 0 bridgehead atoms. The van der Waals surface area contributed by atoms with Crippen molar-refractivity contribution in [2.45, 2.75) is 40.2 Å². The van der Waals surface area contributed by atoms with Crippen LogP contribution >= 0.6 is 0 Å². The largest absolute Gasteiger partial charge is 0.461 e. The van der Waals surface area contributed by atoms with Crippen molar-refractivity contribution in [1.82, 2.24) is 4.57 Å². The van der Waals surface area contributed by atoms with Crippen molar-refractivity contribution in [3.63, 3.8) is 0 Å². The molecule has 7 heteroatoms. The molecule has 0 radical (unpaired) electrons. The van der Waals surface area contributed by atoms with Crippen LogP contribution < -0.4 is 4.90 Å². The molecular formula is C19H24N2O5. The first kappa shape index (κ1) is 19.5. The summed E-state index contributed by atoms with van der Waals surface area (Å²) < 4.78 is 11.7. The Balaban J connectivity index is 2.62. The summed E-state index contributed by atoms with van der Waals surface area (Å²) in [5, 5.41) is 0.629. The van der Waals surface area contributed by atoms with Crippen LogP contribution in [0.3, 0.4) is 0 Å². The summed E-state index contributed by atoms with van der Waals surface area (Å²) in [6.45, 7) is 8.59. The number of rotatable bonds is 3. The summed E-state index contributed by atoms with van der Waals surface area (Å²) in [6.07, 6.45) is -0.664. The number of ether oxygens (including phenoxy) is 2. The zero-order chi connectivity index (χ0) is 19.6. The first-order chi connectivity index (χ1) is 12.0. The van der Waals surface area contributed by atoms with Gasteiger partial charge in [0.25, 0.3) is 0 Å². The lowest BCUT2D eigenvalue weighted by molar-refractivity contribution is -0.116. The van der Waals surface area contributed by atoms with Crippen molar-refractivity contribution < 1.29 is 23.9 Å². The van der Waals surface area contributed by atoms with E-state index in [4.69, 9.17) is 9.47 Å². The Kier molecular flexibility index (Phi) is 5.39. The number of nitrogens with zero attached hydrogens (tertiary/aromatic N) is 2. The maximum absolute atomic E-state index is 12.7. The van der Waals surface area contributed by atoms with E-state index in [1.54, 1.807) is 59.0 Å². The molecule has 1 amide bonds. The van der Waals surface area contributed by atoms with Gasteiger partial charge >= 0.3 is 12.1 Å². The molecule has 26 heavy (non-hydrogen) atoms. The number of fused-ring (bicyclic) bond motifs is 1. The van der Waals surface area contributed by atoms with E-state index in [1.807, 2.05) is 0 Å². The van der Waals surface area contributed by atoms with E-state index in [1.165, 1.54) is 16.4 Å². The van der Waals surface area contributed by atoms with E-state index < -0.39 is 17.7 Å². The summed E-state index contributed by atoms with van der Waals surface area (Å²) in [7, 11) is 1.65. The quantitative estimate of drug-likeness (QED) is 0.782. The van der Waals surface area contributed by atoms with Crippen LogP contribution in [0.5, 0.6) is 0 Å². The highest BCUT2D eigenvalue weighted by Crippen LogP contribution is 2.27. The van der Waals surface area contributed by atoms with Gasteiger partial charge in [-0.2, -0.15) is 0 Å². The lowest BCUT2D eigenvalue weighted by Gasteiger charge is -2.21. The average Bonchev–Trinajstić information content (AvgIpc) is 2.91. The van der Waals surface area contributed by atoms with Crippen molar-refractivity contribution in [1.29, 1.82) is 0 Å². The predicted octanol–water partition coefficient (Wildman–Crippen LogP) is 3.58. The molecule has 140 valence electrons. The van der Waals surface area contributed by atoms with Crippen molar-refractivity contribution in [2.24, 2.45) is 0 Å². The van der Waals surface area contributed by atoms with Crippen LogP contribution in [0.4, 0.5) is 10.5 Å². The third-order valence-corrected chi connectivity index (χ3v) is 3.71. The smallest absolute Gasteiger partial charge is 0.419 e. The summed E-state index contributed by atoms with van der Waals surface area (Å²) in [5.74, 6) is -0.738. The molecule has 0 spiro atoms. The molecule has 0 N–H and O–H groups in total. The highest BCUT2D eigenvalue weighted by Gasteiger charge is 2.26. The van der Waals surface area contributed by atoms with Gasteiger partial charge in [0.15, 0.2) is 0 Å². The molecule has 2 rings (SSSR count). The van der Waals surface area contributed by atoms with Crippen molar-refractivity contribution >= 4 is 34.6 Å². The third kappa shape index (κ3) is 4.04. The molecule has 0 aliphatic heterocycles. The van der Waals surface area contributed by atoms with Gasteiger partial charge in [0.05, 0.1) is 12.1 Å².